The number of methoxy groups -OCH3 is 2. The maximum absolute atomic E-state index is 12.6. The lowest BCUT2D eigenvalue weighted by atomic mass is 10.1. The van der Waals surface area contributed by atoms with Crippen LogP contribution in [0.2, 0.25) is 0 Å². The van der Waals surface area contributed by atoms with Crippen molar-refractivity contribution in [3.63, 3.8) is 0 Å². The molecule has 0 atom stereocenters. The number of hydrogen-bond acceptors (Lipinski definition) is 6. The number of carbonyl (C=O) groups is 1. The minimum absolute atomic E-state index is 0.0883. The van der Waals surface area contributed by atoms with Crippen LogP contribution in [-0.2, 0) is 0 Å². The third-order valence-electron chi connectivity index (χ3n) is 4.43. The summed E-state index contributed by atoms with van der Waals surface area (Å²) in [5.74, 6) is 0.440. The number of benzene rings is 2. The van der Waals surface area contributed by atoms with Crippen molar-refractivity contribution in [1.82, 2.24) is 19.5 Å². The predicted octanol–water partition coefficient (Wildman–Crippen LogP) is 1.89. The van der Waals surface area contributed by atoms with Crippen LogP contribution < -0.4 is 20.9 Å². The van der Waals surface area contributed by atoms with Gasteiger partial charge in [0.1, 0.15) is 17.0 Å². The molecule has 1 amide bonds. The van der Waals surface area contributed by atoms with E-state index in [4.69, 9.17) is 15.2 Å². The first-order valence-corrected chi connectivity index (χ1v) is 8.64. The van der Waals surface area contributed by atoms with Gasteiger partial charge in [-0.15, -0.1) is 0 Å². The third kappa shape index (κ3) is 3.08. The Bertz CT molecular complexity index is 1280. The van der Waals surface area contributed by atoms with Crippen molar-refractivity contribution < 1.29 is 14.3 Å². The number of primary amides is 1. The second-order valence-electron chi connectivity index (χ2n) is 6.13. The molecule has 146 valence electrons. The molecule has 0 aliphatic rings. The molecule has 4 rings (SSSR count). The average Bonchev–Trinajstić information content (AvgIpc) is 3.08. The van der Waals surface area contributed by atoms with E-state index >= 15 is 0 Å². The Balaban J connectivity index is 2.05. The summed E-state index contributed by atoms with van der Waals surface area (Å²) in [6, 6.07) is 14.0. The number of imidazole rings is 1. The fourth-order valence-electron chi connectivity index (χ4n) is 3.08. The van der Waals surface area contributed by atoms with Gasteiger partial charge in [-0.1, -0.05) is 18.2 Å². The number of hydrogen-bond donors (Lipinski definition) is 2. The van der Waals surface area contributed by atoms with Crippen LogP contribution in [0.3, 0.4) is 0 Å². The number of H-pyrrole nitrogens is 1. The number of rotatable bonds is 5. The first-order valence-electron chi connectivity index (χ1n) is 8.64. The van der Waals surface area contributed by atoms with Crippen molar-refractivity contribution in [2.24, 2.45) is 5.73 Å². The molecule has 9 heteroatoms. The number of para-hydroxylation sites is 1. The Hall–Kier alpha value is -4.14. The molecule has 0 unspecified atom stereocenters. The minimum Gasteiger partial charge on any atom is -0.497 e. The van der Waals surface area contributed by atoms with Crippen molar-refractivity contribution in [2.75, 3.05) is 14.2 Å². The van der Waals surface area contributed by atoms with Gasteiger partial charge in [-0.2, -0.15) is 0 Å². The van der Waals surface area contributed by atoms with E-state index in [0.29, 0.717) is 22.7 Å². The summed E-state index contributed by atoms with van der Waals surface area (Å²) < 4.78 is 12.0. The Kier molecular flexibility index (Phi) is 4.47. The van der Waals surface area contributed by atoms with Crippen LogP contribution in [0.1, 0.15) is 10.5 Å². The van der Waals surface area contributed by atoms with Crippen LogP contribution >= 0.6 is 0 Å². The number of aromatic amines is 1. The van der Waals surface area contributed by atoms with E-state index in [1.165, 1.54) is 11.7 Å². The Morgan fingerprint density at radius 3 is 2.48 bits per heavy atom. The molecule has 0 spiro atoms. The molecule has 0 aliphatic heterocycles. The Morgan fingerprint density at radius 1 is 1.07 bits per heavy atom. The second-order valence-corrected chi connectivity index (χ2v) is 6.13. The topological polar surface area (TPSA) is 125 Å². The quantitative estimate of drug-likeness (QED) is 0.535. The highest BCUT2D eigenvalue weighted by atomic mass is 16.5. The smallest absolute Gasteiger partial charge is 0.332 e. The molecular formula is C20H17N5O4. The molecule has 4 aromatic rings. The maximum atomic E-state index is 12.6. The number of aromatic nitrogens is 4. The van der Waals surface area contributed by atoms with Crippen molar-refractivity contribution >= 4 is 17.1 Å². The standard InChI is InChI=1S/C20H17N5O4/c1-28-12-8-9-13(14(10-12)29-2)18-22-15(17(21)26)16-19(24-18)25(20(27)23-16)11-6-4-3-5-7-11/h3-10H,1-2H3,(H2,21,26)(H,23,27). The number of fused-ring (bicyclic) bond motifs is 1. The van der Waals surface area contributed by atoms with Gasteiger partial charge >= 0.3 is 5.69 Å². The molecular weight excluding hydrogens is 374 g/mol. The number of nitrogens with one attached hydrogen (secondary N) is 1. The van der Waals surface area contributed by atoms with Crippen LogP contribution in [-0.4, -0.2) is 39.6 Å². The second kappa shape index (κ2) is 7.12. The van der Waals surface area contributed by atoms with Crippen molar-refractivity contribution in [2.45, 2.75) is 0 Å². The van der Waals surface area contributed by atoms with Crippen LogP contribution in [0, 0.1) is 0 Å². The largest absolute Gasteiger partial charge is 0.497 e. The van der Waals surface area contributed by atoms with Gasteiger partial charge in [0.15, 0.2) is 17.2 Å². The van der Waals surface area contributed by atoms with Gasteiger partial charge in [0.25, 0.3) is 5.91 Å². The first kappa shape index (κ1) is 18.2. The van der Waals surface area contributed by atoms with E-state index < -0.39 is 11.6 Å². The number of ether oxygens (including phenoxy) is 2. The normalized spacial score (nSPS) is 10.8. The van der Waals surface area contributed by atoms with E-state index in [9.17, 15) is 9.59 Å². The highest BCUT2D eigenvalue weighted by Crippen LogP contribution is 2.32. The van der Waals surface area contributed by atoms with Gasteiger partial charge < -0.3 is 20.2 Å². The highest BCUT2D eigenvalue weighted by molar-refractivity contribution is 6.02. The van der Waals surface area contributed by atoms with E-state index in [1.54, 1.807) is 49.6 Å². The molecule has 0 saturated carbocycles. The SMILES string of the molecule is COc1ccc(-c2nc(C(N)=O)c3[nH]c(=O)n(-c4ccccc4)c3n2)c(OC)c1. The minimum atomic E-state index is -0.785. The van der Waals surface area contributed by atoms with E-state index in [1.807, 2.05) is 6.07 Å². The molecule has 0 radical (unpaired) electrons. The number of nitrogens with zero attached hydrogens (tertiary/aromatic N) is 3. The summed E-state index contributed by atoms with van der Waals surface area (Å²) in [4.78, 5) is 36.1. The molecule has 2 heterocycles. The Labute approximate surface area is 164 Å². The summed E-state index contributed by atoms with van der Waals surface area (Å²) in [6.45, 7) is 0. The third-order valence-corrected chi connectivity index (χ3v) is 4.43. The van der Waals surface area contributed by atoms with Crippen LogP contribution in [0.25, 0.3) is 28.2 Å². The average molecular weight is 391 g/mol. The van der Waals surface area contributed by atoms with Gasteiger partial charge in [0.05, 0.1) is 25.5 Å². The fourth-order valence-corrected chi connectivity index (χ4v) is 3.08. The summed E-state index contributed by atoms with van der Waals surface area (Å²) in [6.07, 6.45) is 0. The van der Waals surface area contributed by atoms with E-state index in [0.717, 1.165) is 0 Å². The molecule has 0 bridgehead atoms. The van der Waals surface area contributed by atoms with Gasteiger partial charge in [-0.25, -0.2) is 19.3 Å². The number of carbonyl (C=O) groups excluding carboxylic acids is 1. The lowest BCUT2D eigenvalue weighted by Gasteiger charge is -2.11. The van der Waals surface area contributed by atoms with Gasteiger partial charge in [0, 0.05) is 6.07 Å². The van der Waals surface area contributed by atoms with Gasteiger partial charge in [-0.3, -0.25) is 4.79 Å². The Morgan fingerprint density at radius 2 is 1.83 bits per heavy atom. The molecule has 0 aliphatic carbocycles. The molecule has 0 fully saturated rings. The van der Waals surface area contributed by atoms with E-state index in [-0.39, 0.29) is 22.7 Å². The molecule has 0 saturated heterocycles. The van der Waals surface area contributed by atoms with Crippen LogP contribution in [0.5, 0.6) is 11.5 Å². The summed E-state index contributed by atoms with van der Waals surface area (Å²) in [5.41, 5.74) is 6.50. The first-order chi connectivity index (χ1) is 14.0. The maximum Gasteiger partial charge on any atom is 0.332 e. The highest BCUT2D eigenvalue weighted by Gasteiger charge is 2.21. The fraction of sp³-hybridized carbons (Fsp3) is 0.100. The zero-order valence-corrected chi connectivity index (χ0v) is 15.7. The van der Waals surface area contributed by atoms with Crippen LogP contribution in [0.15, 0.2) is 53.3 Å². The zero-order chi connectivity index (χ0) is 20.5. The zero-order valence-electron chi connectivity index (χ0n) is 15.7. The van der Waals surface area contributed by atoms with Gasteiger partial charge in [-0.05, 0) is 24.3 Å². The monoisotopic (exact) mass is 391 g/mol. The molecule has 2 aromatic heterocycles. The van der Waals surface area contributed by atoms with Crippen molar-refractivity contribution in [3.05, 3.63) is 64.7 Å². The van der Waals surface area contributed by atoms with E-state index in [2.05, 4.69) is 15.0 Å². The number of nitrogens with two attached hydrogens (primary N) is 1. The molecule has 3 N–H and O–H groups in total. The van der Waals surface area contributed by atoms with Crippen molar-refractivity contribution in [1.29, 1.82) is 0 Å². The summed E-state index contributed by atoms with van der Waals surface area (Å²) >= 11 is 0. The van der Waals surface area contributed by atoms with Crippen molar-refractivity contribution in [3.8, 4) is 28.6 Å². The number of amides is 1. The van der Waals surface area contributed by atoms with Crippen LogP contribution in [0.4, 0.5) is 0 Å². The lowest BCUT2D eigenvalue weighted by molar-refractivity contribution is 0.0997. The lowest BCUT2D eigenvalue weighted by Crippen LogP contribution is -2.15. The molecule has 29 heavy (non-hydrogen) atoms. The summed E-state index contributed by atoms with van der Waals surface area (Å²) in [5, 5.41) is 0. The van der Waals surface area contributed by atoms with Gasteiger partial charge in [0.2, 0.25) is 0 Å². The molecule has 9 nitrogen and oxygen atoms in total. The summed E-state index contributed by atoms with van der Waals surface area (Å²) in [7, 11) is 3.04. The predicted molar refractivity (Wildman–Crippen MR) is 107 cm³/mol. The molecule has 2 aromatic carbocycles.